The van der Waals surface area contributed by atoms with Gasteiger partial charge in [-0.2, -0.15) is 4.72 Å². The van der Waals surface area contributed by atoms with Gasteiger partial charge in [-0.05, 0) is 74.6 Å². The Bertz CT molecular complexity index is 1260. The van der Waals surface area contributed by atoms with Gasteiger partial charge in [0, 0.05) is 13.1 Å². The van der Waals surface area contributed by atoms with Crippen LogP contribution in [0.3, 0.4) is 0 Å². The molecule has 1 saturated heterocycles. The van der Waals surface area contributed by atoms with Crippen LogP contribution in [0.2, 0.25) is 0 Å². The smallest absolute Gasteiger partial charge is 0.241 e. The van der Waals surface area contributed by atoms with Crippen LogP contribution in [0.25, 0.3) is 0 Å². The third-order valence-electron chi connectivity index (χ3n) is 7.04. The van der Waals surface area contributed by atoms with Crippen LogP contribution in [-0.2, 0) is 27.7 Å². The van der Waals surface area contributed by atoms with Crippen LogP contribution in [0.4, 0.5) is 0 Å². The Kier molecular flexibility index (Phi) is 8.27. The maximum absolute atomic E-state index is 13.7. The van der Waals surface area contributed by atoms with Gasteiger partial charge in [0.2, 0.25) is 15.9 Å². The Morgan fingerprint density at radius 2 is 1.42 bits per heavy atom. The molecule has 1 N–H and O–H groups in total. The number of hydrogen-bond donors (Lipinski definition) is 1. The number of rotatable bonds is 8. The van der Waals surface area contributed by atoms with Crippen molar-refractivity contribution in [1.82, 2.24) is 9.62 Å². The predicted molar refractivity (Wildman–Crippen MR) is 144 cm³/mol. The number of nitrogens with one attached hydrogen (secondary N) is 1. The number of piperidine rings is 1. The van der Waals surface area contributed by atoms with Gasteiger partial charge in [-0.15, -0.1) is 0 Å². The summed E-state index contributed by atoms with van der Waals surface area (Å²) in [5.41, 5.74) is 4.63. The Labute approximate surface area is 215 Å². The summed E-state index contributed by atoms with van der Waals surface area (Å²) in [7, 11) is -3.89. The van der Waals surface area contributed by atoms with E-state index in [4.69, 9.17) is 0 Å². The molecule has 0 bridgehead atoms. The molecule has 1 heterocycles. The molecule has 1 unspecified atom stereocenters. The van der Waals surface area contributed by atoms with Crippen LogP contribution in [-0.4, -0.2) is 38.4 Å². The Morgan fingerprint density at radius 1 is 0.889 bits per heavy atom. The summed E-state index contributed by atoms with van der Waals surface area (Å²) in [6, 6.07) is 22.9. The lowest BCUT2D eigenvalue weighted by Crippen LogP contribution is -2.51. The number of sulfonamides is 1. The highest BCUT2D eigenvalue weighted by atomic mass is 32.2. The van der Waals surface area contributed by atoms with E-state index < -0.39 is 16.1 Å². The van der Waals surface area contributed by atoms with Crippen molar-refractivity contribution in [2.24, 2.45) is 5.92 Å². The summed E-state index contributed by atoms with van der Waals surface area (Å²) in [4.78, 5) is 15.8. The van der Waals surface area contributed by atoms with E-state index in [2.05, 4.69) is 29.0 Å². The van der Waals surface area contributed by atoms with E-state index in [0.717, 1.165) is 30.4 Å². The molecule has 4 rings (SSSR count). The number of hydrogen-bond acceptors (Lipinski definition) is 3. The van der Waals surface area contributed by atoms with Gasteiger partial charge in [0.25, 0.3) is 0 Å². The summed E-state index contributed by atoms with van der Waals surface area (Å²) in [5, 5.41) is 0. The van der Waals surface area contributed by atoms with E-state index in [9.17, 15) is 13.2 Å². The van der Waals surface area contributed by atoms with Crippen molar-refractivity contribution in [1.29, 1.82) is 0 Å². The number of carbonyl (C=O) groups excluding carboxylic acids is 1. The third-order valence-corrected chi connectivity index (χ3v) is 8.82. The summed E-state index contributed by atoms with van der Waals surface area (Å²) < 4.78 is 29.9. The molecule has 1 aliphatic rings. The SMILES string of the molecule is Cc1cc(C)c(S(=O)(=O)NC(Cc2ccccc2)C(=O)N2CCC(Cc3ccccc3)CC2)c(C)c1. The molecule has 1 amide bonds. The van der Waals surface area contributed by atoms with Gasteiger partial charge in [-0.1, -0.05) is 78.4 Å². The molecule has 0 radical (unpaired) electrons. The lowest BCUT2D eigenvalue weighted by Gasteiger charge is -2.34. The van der Waals surface area contributed by atoms with Crippen molar-refractivity contribution < 1.29 is 13.2 Å². The summed E-state index contributed by atoms with van der Waals surface area (Å²) in [6.45, 7) is 6.85. The summed E-state index contributed by atoms with van der Waals surface area (Å²) in [5.74, 6) is 0.376. The molecule has 0 aliphatic carbocycles. The minimum absolute atomic E-state index is 0.150. The average Bonchev–Trinajstić information content (AvgIpc) is 2.84. The first-order valence-corrected chi connectivity index (χ1v) is 14.2. The molecule has 0 saturated carbocycles. The van der Waals surface area contributed by atoms with E-state index in [0.29, 0.717) is 36.6 Å². The quantitative estimate of drug-likeness (QED) is 0.470. The third kappa shape index (κ3) is 6.42. The lowest BCUT2D eigenvalue weighted by atomic mass is 9.90. The molecule has 190 valence electrons. The molecule has 0 aromatic heterocycles. The van der Waals surface area contributed by atoms with Gasteiger partial charge in [0.05, 0.1) is 4.90 Å². The van der Waals surface area contributed by atoms with Crippen LogP contribution in [0.5, 0.6) is 0 Å². The number of amides is 1. The predicted octanol–water partition coefficient (Wildman–Crippen LogP) is 4.98. The van der Waals surface area contributed by atoms with Crippen molar-refractivity contribution >= 4 is 15.9 Å². The largest absolute Gasteiger partial charge is 0.341 e. The zero-order chi connectivity index (χ0) is 25.7. The first kappa shape index (κ1) is 26.1. The van der Waals surface area contributed by atoms with Gasteiger partial charge in [-0.25, -0.2) is 8.42 Å². The second kappa shape index (κ2) is 11.4. The molecule has 1 aliphatic heterocycles. The second-order valence-electron chi connectivity index (χ2n) is 10.0. The van der Waals surface area contributed by atoms with Gasteiger partial charge in [0.1, 0.15) is 6.04 Å². The maximum atomic E-state index is 13.7. The molecule has 6 heteroatoms. The van der Waals surface area contributed by atoms with Crippen molar-refractivity contribution in [3.63, 3.8) is 0 Å². The standard InChI is InChI=1S/C30H36N2O3S/c1-22-18-23(2)29(24(3)19-22)36(34,35)31-28(21-26-12-8-5-9-13-26)30(33)32-16-14-27(15-17-32)20-25-10-6-4-7-11-25/h4-13,18-19,27-28,31H,14-17,20-21H2,1-3H3. The maximum Gasteiger partial charge on any atom is 0.241 e. The molecular formula is C30H36N2O3S. The molecule has 1 atom stereocenters. The highest BCUT2D eigenvalue weighted by molar-refractivity contribution is 7.89. The molecule has 0 spiro atoms. The molecule has 5 nitrogen and oxygen atoms in total. The van der Waals surface area contributed by atoms with E-state index in [1.165, 1.54) is 5.56 Å². The van der Waals surface area contributed by atoms with E-state index >= 15 is 0 Å². The summed E-state index contributed by atoms with van der Waals surface area (Å²) in [6.07, 6.45) is 3.16. The fourth-order valence-corrected chi connectivity index (χ4v) is 7.03. The fourth-order valence-electron chi connectivity index (χ4n) is 5.39. The highest BCUT2D eigenvalue weighted by Gasteiger charge is 2.33. The van der Waals surface area contributed by atoms with Crippen LogP contribution in [0, 0.1) is 26.7 Å². The van der Waals surface area contributed by atoms with Gasteiger partial charge in [0.15, 0.2) is 0 Å². The number of nitrogens with zero attached hydrogens (tertiary/aromatic N) is 1. The number of likely N-dealkylation sites (tertiary alicyclic amines) is 1. The van der Waals surface area contributed by atoms with Crippen LogP contribution < -0.4 is 4.72 Å². The van der Waals surface area contributed by atoms with Gasteiger partial charge >= 0.3 is 0 Å². The van der Waals surface area contributed by atoms with Crippen LogP contribution in [0.15, 0.2) is 77.7 Å². The van der Waals surface area contributed by atoms with Crippen molar-refractivity contribution in [3.8, 4) is 0 Å². The van der Waals surface area contributed by atoms with Gasteiger partial charge in [-0.3, -0.25) is 4.79 Å². The number of aryl methyl sites for hydroxylation is 3. The Balaban J connectivity index is 1.51. The summed E-state index contributed by atoms with van der Waals surface area (Å²) >= 11 is 0. The Hall–Kier alpha value is -2.96. The first-order valence-electron chi connectivity index (χ1n) is 12.7. The van der Waals surface area contributed by atoms with E-state index in [1.807, 2.05) is 60.4 Å². The van der Waals surface area contributed by atoms with E-state index in [-0.39, 0.29) is 10.8 Å². The Morgan fingerprint density at radius 3 is 1.97 bits per heavy atom. The van der Waals surface area contributed by atoms with E-state index in [1.54, 1.807) is 13.8 Å². The average molecular weight is 505 g/mol. The van der Waals surface area contributed by atoms with Gasteiger partial charge < -0.3 is 4.90 Å². The molecule has 36 heavy (non-hydrogen) atoms. The number of benzene rings is 3. The van der Waals surface area contributed by atoms with Crippen molar-refractivity contribution in [3.05, 3.63) is 101 Å². The minimum Gasteiger partial charge on any atom is -0.341 e. The van der Waals surface area contributed by atoms with Crippen molar-refractivity contribution in [2.45, 2.75) is 57.4 Å². The van der Waals surface area contributed by atoms with Crippen LogP contribution >= 0.6 is 0 Å². The molecule has 3 aromatic carbocycles. The normalized spacial score (nSPS) is 15.6. The molecular weight excluding hydrogens is 468 g/mol. The minimum atomic E-state index is -3.89. The monoisotopic (exact) mass is 504 g/mol. The lowest BCUT2D eigenvalue weighted by molar-refractivity contribution is -0.134. The second-order valence-corrected chi connectivity index (χ2v) is 11.7. The van der Waals surface area contributed by atoms with Crippen LogP contribution in [0.1, 0.15) is 40.7 Å². The highest BCUT2D eigenvalue weighted by Crippen LogP contribution is 2.25. The molecule has 3 aromatic rings. The zero-order valence-electron chi connectivity index (χ0n) is 21.4. The topological polar surface area (TPSA) is 66.5 Å². The first-order chi connectivity index (χ1) is 17.2. The zero-order valence-corrected chi connectivity index (χ0v) is 22.2. The molecule has 1 fully saturated rings. The van der Waals surface area contributed by atoms with Crippen molar-refractivity contribution in [2.75, 3.05) is 13.1 Å². The number of carbonyl (C=O) groups is 1. The fraction of sp³-hybridized carbons (Fsp3) is 0.367.